The molecular weight excluding hydrogens is 137 g/mol. The summed E-state index contributed by atoms with van der Waals surface area (Å²) >= 11 is 0.613. The molecule has 0 aliphatic carbocycles. The minimum absolute atomic E-state index is 0.613. The molecule has 0 spiro atoms. The molecule has 0 aliphatic rings. The van der Waals surface area contributed by atoms with Crippen LogP contribution in [0.15, 0.2) is 0 Å². The van der Waals surface area contributed by atoms with Crippen LogP contribution in [-0.2, 0) is 3.76 Å². The summed E-state index contributed by atoms with van der Waals surface area (Å²) in [4.78, 5) is 0. The van der Waals surface area contributed by atoms with E-state index in [0.717, 1.165) is 6.61 Å². The van der Waals surface area contributed by atoms with Crippen molar-refractivity contribution in [2.75, 3.05) is 6.61 Å². The first-order valence-corrected chi connectivity index (χ1v) is 4.12. The van der Waals surface area contributed by atoms with Crippen LogP contribution in [0.25, 0.3) is 0 Å². The standard InChI is InChI=1S/C4H12GeO/c1-2-3-4-6-5/h2-4H2,1,5H3. The molecule has 0 fully saturated rings. The Balaban J connectivity index is 2.34. The van der Waals surface area contributed by atoms with E-state index in [1.165, 1.54) is 12.8 Å². The van der Waals surface area contributed by atoms with E-state index in [4.69, 9.17) is 3.76 Å². The Morgan fingerprint density at radius 3 is 2.50 bits per heavy atom. The van der Waals surface area contributed by atoms with Gasteiger partial charge in [0.2, 0.25) is 0 Å². The first-order chi connectivity index (χ1) is 2.91. The number of rotatable bonds is 3. The Bertz CT molecular complexity index is 19.5. The van der Waals surface area contributed by atoms with Crippen molar-refractivity contribution in [2.24, 2.45) is 0 Å². The summed E-state index contributed by atoms with van der Waals surface area (Å²) in [6.45, 7) is 3.17. The van der Waals surface area contributed by atoms with E-state index < -0.39 is 0 Å². The van der Waals surface area contributed by atoms with Gasteiger partial charge in [0.15, 0.2) is 0 Å². The molecule has 1 nitrogen and oxygen atoms in total. The van der Waals surface area contributed by atoms with Crippen molar-refractivity contribution in [2.45, 2.75) is 19.8 Å². The summed E-state index contributed by atoms with van der Waals surface area (Å²) in [5.74, 6) is 0. The van der Waals surface area contributed by atoms with Crippen LogP contribution < -0.4 is 0 Å². The van der Waals surface area contributed by atoms with E-state index in [1.807, 2.05) is 0 Å². The molecule has 0 saturated carbocycles. The first kappa shape index (κ1) is 6.50. The topological polar surface area (TPSA) is 9.23 Å². The van der Waals surface area contributed by atoms with Crippen molar-refractivity contribution in [1.82, 2.24) is 0 Å². The van der Waals surface area contributed by atoms with Gasteiger partial charge in [-0.25, -0.2) is 0 Å². The van der Waals surface area contributed by atoms with Crippen LogP contribution in [0.5, 0.6) is 0 Å². The van der Waals surface area contributed by atoms with E-state index in [0.29, 0.717) is 16.9 Å². The number of hydrogen-bond donors (Lipinski definition) is 0. The molecule has 0 unspecified atom stereocenters. The second-order valence-corrected chi connectivity index (χ2v) is 2.56. The van der Waals surface area contributed by atoms with E-state index in [1.54, 1.807) is 0 Å². The third kappa shape index (κ3) is 4.50. The van der Waals surface area contributed by atoms with Crippen LogP contribution in [0, 0.1) is 0 Å². The molecule has 0 bridgehead atoms. The molecule has 0 saturated heterocycles. The van der Waals surface area contributed by atoms with Gasteiger partial charge in [-0.3, -0.25) is 0 Å². The zero-order valence-electron chi connectivity index (χ0n) is 4.53. The predicted octanol–water partition coefficient (Wildman–Crippen LogP) is 0.0835. The molecule has 0 aromatic rings. The Kier molecular flexibility index (Phi) is 5.96. The van der Waals surface area contributed by atoms with E-state index in [-0.39, 0.29) is 0 Å². The van der Waals surface area contributed by atoms with Gasteiger partial charge in [-0.1, -0.05) is 0 Å². The molecule has 0 heterocycles. The SMILES string of the molecule is CCCC[O][GeH3]. The quantitative estimate of drug-likeness (QED) is 0.407. The average molecular weight is 149 g/mol. The molecule has 0 aliphatic heterocycles. The number of hydrogen-bond acceptors (Lipinski definition) is 1. The van der Waals surface area contributed by atoms with E-state index in [2.05, 4.69) is 6.92 Å². The van der Waals surface area contributed by atoms with Crippen LogP contribution in [0.4, 0.5) is 0 Å². The molecule has 38 valence electrons. The summed E-state index contributed by atoms with van der Waals surface area (Å²) in [5, 5.41) is 0. The summed E-state index contributed by atoms with van der Waals surface area (Å²) in [5.41, 5.74) is 0. The van der Waals surface area contributed by atoms with Crippen molar-refractivity contribution in [1.29, 1.82) is 0 Å². The van der Waals surface area contributed by atoms with E-state index in [9.17, 15) is 0 Å². The average Bonchev–Trinajstić information content (AvgIpc) is 1.61. The fourth-order valence-electron chi connectivity index (χ4n) is 0.289. The van der Waals surface area contributed by atoms with Gasteiger partial charge in [-0.05, 0) is 0 Å². The van der Waals surface area contributed by atoms with Gasteiger partial charge in [-0.2, -0.15) is 0 Å². The van der Waals surface area contributed by atoms with Crippen LogP contribution in [-0.4, -0.2) is 23.5 Å². The van der Waals surface area contributed by atoms with Gasteiger partial charge >= 0.3 is 47.0 Å². The Morgan fingerprint density at radius 2 is 2.33 bits per heavy atom. The van der Waals surface area contributed by atoms with Crippen molar-refractivity contribution >= 4 is 16.9 Å². The van der Waals surface area contributed by atoms with Crippen LogP contribution in [0.1, 0.15) is 19.8 Å². The van der Waals surface area contributed by atoms with Gasteiger partial charge in [0.25, 0.3) is 0 Å². The molecule has 0 aromatic heterocycles. The Morgan fingerprint density at radius 1 is 1.67 bits per heavy atom. The van der Waals surface area contributed by atoms with Crippen LogP contribution in [0.2, 0.25) is 0 Å². The Hall–Kier alpha value is 0.503. The molecule has 0 aromatic carbocycles. The summed E-state index contributed by atoms with van der Waals surface area (Å²) in [6.07, 6.45) is 2.50. The molecule has 0 rings (SSSR count). The first-order valence-electron chi connectivity index (χ1n) is 2.40. The zero-order chi connectivity index (χ0) is 4.83. The van der Waals surface area contributed by atoms with Gasteiger partial charge < -0.3 is 0 Å². The van der Waals surface area contributed by atoms with Gasteiger partial charge in [-0.15, -0.1) is 0 Å². The maximum absolute atomic E-state index is 4.97. The molecule has 0 atom stereocenters. The molecular formula is C4H12GeO. The molecule has 0 amide bonds. The van der Waals surface area contributed by atoms with Gasteiger partial charge in [0, 0.05) is 0 Å². The zero-order valence-corrected chi connectivity index (χ0v) is 8.73. The second kappa shape index (κ2) is 5.50. The molecule has 0 N–H and O–H groups in total. The van der Waals surface area contributed by atoms with Crippen molar-refractivity contribution in [3.8, 4) is 0 Å². The van der Waals surface area contributed by atoms with Crippen molar-refractivity contribution in [3.63, 3.8) is 0 Å². The van der Waals surface area contributed by atoms with Crippen LogP contribution >= 0.6 is 0 Å². The predicted molar refractivity (Wildman–Crippen MR) is 30.8 cm³/mol. The fraction of sp³-hybridized carbons (Fsp3) is 1.00. The van der Waals surface area contributed by atoms with Gasteiger partial charge in [0.05, 0.1) is 0 Å². The molecule has 2 heteroatoms. The number of unbranched alkanes of at least 4 members (excludes halogenated alkanes) is 1. The monoisotopic (exact) mass is 150 g/mol. The summed E-state index contributed by atoms with van der Waals surface area (Å²) in [7, 11) is 0. The molecule has 0 radical (unpaired) electrons. The third-order valence-electron chi connectivity index (χ3n) is 0.702. The maximum atomic E-state index is 4.97. The normalized spacial score (nSPS) is 9.50. The second-order valence-electron chi connectivity index (χ2n) is 1.35. The summed E-state index contributed by atoms with van der Waals surface area (Å²) < 4.78 is 4.97. The fourth-order valence-corrected chi connectivity index (χ4v) is 0.894. The van der Waals surface area contributed by atoms with Crippen molar-refractivity contribution in [3.05, 3.63) is 0 Å². The van der Waals surface area contributed by atoms with Crippen LogP contribution in [0.3, 0.4) is 0 Å². The molecule has 6 heavy (non-hydrogen) atoms. The van der Waals surface area contributed by atoms with Crippen molar-refractivity contribution < 1.29 is 3.76 Å². The third-order valence-corrected chi connectivity index (χ3v) is 1.56. The van der Waals surface area contributed by atoms with E-state index >= 15 is 0 Å². The summed E-state index contributed by atoms with van der Waals surface area (Å²) in [6, 6.07) is 0. The Labute approximate surface area is 47.6 Å². The minimum atomic E-state index is 0.613. The van der Waals surface area contributed by atoms with Gasteiger partial charge in [0.1, 0.15) is 0 Å².